The van der Waals surface area contributed by atoms with Crippen LogP contribution in [0.5, 0.6) is 0 Å². The molecule has 0 saturated carbocycles. The second-order valence-electron chi connectivity index (χ2n) is 4.42. The SMILES string of the molecule is NNC(CSc1ccc(F)cc1)Cc1ccccc1Cl. The highest BCUT2D eigenvalue weighted by Crippen LogP contribution is 2.22. The van der Waals surface area contributed by atoms with Crippen LogP contribution in [-0.4, -0.2) is 11.8 Å². The number of hydrazine groups is 1. The van der Waals surface area contributed by atoms with E-state index in [0.29, 0.717) is 0 Å². The largest absolute Gasteiger partial charge is 0.271 e. The molecule has 3 N–H and O–H groups in total. The van der Waals surface area contributed by atoms with E-state index in [2.05, 4.69) is 5.43 Å². The summed E-state index contributed by atoms with van der Waals surface area (Å²) in [6.07, 6.45) is 0.754. The lowest BCUT2D eigenvalue weighted by atomic mass is 10.1. The van der Waals surface area contributed by atoms with E-state index in [1.807, 2.05) is 24.3 Å². The van der Waals surface area contributed by atoms with Gasteiger partial charge >= 0.3 is 0 Å². The Balaban J connectivity index is 1.92. The lowest BCUT2D eigenvalue weighted by Gasteiger charge is -2.16. The quantitative estimate of drug-likeness (QED) is 0.486. The van der Waals surface area contributed by atoms with Crippen LogP contribution in [0.3, 0.4) is 0 Å². The molecule has 2 nitrogen and oxygen atoms in total. The molecule has 0 radical (unpaired) electrons. The third kappa shape index (κ3) is 4.49. The lowest BCUT2D eigenvalue weighted by molar-refractivity contribution is 0.575. The molecule has 2 aromatic rings. The molecule has 1 atom stereocenters. The number of benzene rings is 2. The van der Waals surface area contributed by atoms with Gasteiger partial charge in [-0.1, -0.05) is 29.8 Å². The Morgan fingerprint density at radius 3 is 2.50 bits per heavy atom. The van der Waals surface area contributed by atoms with Gasteiger partial charge in [0.1, 0.15) is 5.82 Å². The summed E-state index contributed by atoms with van der Waals surface area (Å²) < 4.78 is 12.8. The molecule has 0 aromatic heterocycles. The van der Waals surface area contributed by atoms with Gasteiger partial charge in [-0.2, -0.15) is 0 Å². The number of thioether (sulfide) groups is 1. The molecule has 0 amide bonds. The average molecular weight is 311 g/mol. The molecule has 0 aliphatic rings. The first kappa shape index (κ1) is 15.3. The van der Waals surface area contributed by atoms with E-state index in [1.165, 1.54) is 12.1 Å². The predicted octanol–water partition coefficient (Wildman–Crippen LogP) is 3.65. The zero-order valence-corrected chi connectivity index (χ0v) is 12.4. The van der Waals surface area contributed by atoms with Crippen molar-refractivity contribution < 1.29 is 4.39 Å². The van der Waals surface area contributed by atoms with E-state index < -0.39 is 0 Å². The number of hydrogen-bond acceptors (Lipinski definition) is 3. The van der Waals surface area contributed by atoms with Crippen molar-refractivity contribution in [2.45, 2.75) is 17.4 Å². The number of nitrogens with one attached hydrogen (secondary N) is 1. The molecular formula is C15H16ClFN2S. The van der Waals surface area contributed by atoms with Gasteiger partial charge in [0.2, 0.25) is 0 Å². The summed E-state index contributed by atoms with van der Waals surface area (Å²) in [4.78, 5) is 1.02. The first-order valence-electron chi connectivity index (χ1n) is 6.27. The van der Waals surface area contributed by atoms with E-state index in [-0.39, 0.29) is 11.9 Å². The van der Waals surface area contributed by atoms with Crippen molar-refractivity contribution in [3.8, 4) is 0 Å². The highest BCUT2D eigenvalue weighted by atomic mass is 35.5. The summed E-state index contributed by atoms with van der Waals surface area (Å²) in [5, 5.41) is 0.750. The molecule has 2 rings (SSSR count). The minimum atomic E-state index is -0.223. The fraction of sp³-hybridized carbons (Fsp3) is 0.200. The van der Waals surface area contributed by atoms with Crippen LogP contribution < -0.4 is 11.3 Å². The van der Waals surface area contributed by atoms with E-state index >= 15 is 0 Å². The maximum atomic E-state index is 12.8. The molecule has 0 aliphatic carbocycles. The molecule has 0 spiro atoms. The molecule has 2 aromatic carbocycles. The average Bonchev–Trinajstić information content (AvgIpc) is 2.47. The molecule has 0 saturated heterocycles. The Kier molecular flexibility index (Phi) is 5.86. The third-order valence-corrected chi connectivity index (χ3v) is 4.47. The van der Waals surface area contributed by atoms with E-state index in [0.717, 1.165) is 27.7 Å². The van der Waals surface area contributed by atoms with Gasteiger partial charge in [0, 0.05) is 21.7 Å². The highest BCUT2D eigenvalue weighted by Gasteiger charge is 2.10. The number of nitrogens with two attached hydrogens (primary N) is 1. The molecule has 106 valence electrons. The van der Waals surface area contributed by atoms with Gasteiger partial charge in [0.15, 0.2) is 0 Å². The first-order valence-corrected chi connectivity index (χ1v) is 7.63. The molecule has 0 fully saturated rings. The fourth-order valence-electron chi connectivity index (χ4n) is 1.82. The smallest absolute Gasteiger partial charge is 0.123 e. The standard InChI is InChI=1S/C15H16ClFN2S/c16-15-4-2-1-3-11(15)9-13(19-18)10-20-14-7-5-12(17)6-8-14/h1-8,13,19H,9-10,18H2. The third-order valence-electron chi connectivity index (χ3n) is 2.92. The van der Waals surface area contributed by atoms with E-state index in [9.17, 15) is 4.39 Å². The van der Waals surface area contributed by atoms with Gasteiger partial charge < -0.3 is 0 Å². The molecule has 0 bridgehead atoms. The van der Waals surface area contributed by atoms with Crippen molar-refractivity contribution in [2.75, 3.05) is 5.75 Å². The van der Waals surface area contributed by atoms with Gasteiger partial charge in [-0.15, -0.1) is 11.8 Å². The maximum absolute atomic E-state index is 12.8. The van der Waals surface area contributed by atoms with Crippen molar-refractivity contribution >= 4 is 23.4 Å². The molecule has 5 heteroatoms. The molecule has 0 heterocycles. The summed E-state index contributed by atoms with van der Waals surface area (Å²) >= 11 is 7.78. The van der Waals surface area contributed by atoms with Crippen molar-refractivity contribution in [3.63, 3.8) is 0 Å². The minimum absolute atomic E-state index is 0.102. The van der Waals surface area contributed by atoms with E-state index in [4.69, 9.17) is 17.4 Å². The molecule has 1 unspecified atom stereocenters. The van der Waals surface area contributed by atoms with Crippen LogP contribution in [0.25, 0.3) is 0 Å². The molecule has 0 aliphatic heterocycles. The number of halogens is 2. The maximum Gasteiger partial charge on any atom is 0.123 e. The van der Waals surface area contributed by atoms with Crippen LogP contribution in [-0.2, 0) is 6.42 Å². The van der Waals surface area contributed by atoms with Crippen LogP contribution in [0, 0.1) is 5.82 Å². The highest BCUT2D eigenvalue weighted by molar-refractivity contribution is 7.99. The Hall–Kier alpha value is -1.07. The first-order chi connectivity index (χ1) is 9.69. The van der Waals surface area contributed by atoms with Gasteiger partial charge in [-0.05, 0) is 42.3 Å². The zero-order chi connectivity index (χ0) is 14.4. The lowest BCUT2D eigenvalue weighted by Crippen LogP contribution is -2.38. The Bertz CT molecular complexity index is 548. The topological polar surface area (TPSA) is 38.0 Å². The Labute approximate surface area is 127 Å². The van der Waals surface area contributed by atoms with Gasteiger partial charge in [-0.3, -0.25) is 11.3 Å². The predicted molar refractivity (Wildman–Crippen MR) is 83.4 cm³/mol. The summed E-state index contributed by atoms with van der Waals surface area (Å²) in [6.45, 7) is 0. The molecule has 20 heavy (non-hydrogen) atoms. The zero-order valence-electron chi connectivity index (χ0n) is 10.9. The minimum Gasteiger partial charge on any atom is -0.271 e. The van der Waals surface area contributed by atoms with Gasteiger partial charge in [0.25, 0.3) is 0 Å². The van der Waals surface area contributed by atoms with Crippen LogP contribution in [0.15, 0.2) is 53.4 Å². The number of hydrogen-bond donors (Lipinski definition) is 2. The summed E-state index contributed by atoms with van der Waals surface area (Å²) in [5.41, 5.74) is 3.87. The second kappa shape index (κ2) is 7.64. The van der Waals surface area contributed by atoms with Crippen LogP contribution in [0.1, 0.15) is 5.56 Å². The summed E-state index contributed by atoms with van der Waals surface area (Å²) in [5.74, 6) is 6.15. The molecular weight excluding hydrogens is 295 g/mol. The van der Waals surface area contributed by atoms with Crippen LogP contribution in [0.4, 0.5) is 4.39 Å². The summed E-state index contributed by atoms with van der Waals surface area (Å²) in [6, 6.07) is 14.3. The van der Waals surface area contributed by atoms with Crippen LogP contribution >= 0.6 is 23.4 Å². The van der Waals surface area contributed by atoms with Crippen molar-refractivity contribution in [3.05, 3.63) is 64.9 Å². The van der Waals surface area contributed by atoms with Crippen molar-refractivity contribution in [2.24, 2.45) is 5.84 Å². The fourth-order valence-corrected chi connectivity index (χ4v) is 2.97. The summed E-state index contributed by atoms with van der Waals surface area (Å²) in [7, 11) is 0. The van der Waals surface area contributed by atoms with Gasteiger partial charge in [0.05, 0.1) is 0 Å². The Morgan fingerprint density at radius 2 is 1.85 bits per heavy atom. The Morgan fingerprint density at radius 1 is 1.15 bits per heavy atom. The van der Waals surface area contributed by atoms with Gasteiger partial charge in [-0.25, -0.2) is 4.39 Å². The van der Waals surface area contributed by atoms with Crippen molar-refractivity contribution in [1.29, 1.82) is 0 Å². The monoisotopic (exact) mass is 310 g/mol. The normalized spacial score (nSPS) is 12.3. The number of rotatable bonds is 6. The second-order valence-corrected chi connectivity index (χ2v) is 5.92. The van der Waals surface area contributed by atoms with E-state index in [1.54, 1.807) is 23.9 Å². The van der Waals surface area contributed by atoms with Crippen molar-refractivity contribution in [1.82, 2.24) is 5.43 Å². The van der Waals surface area contributed by atoms with Crippen LogP contribution in [0.2, 0.25) is 5.02 Å².